The Hall–Kier alpha value is -0.910. The van der Waals surface area contributed by atoms with Crippen LogP contribution in [0.4, 0.5) is 5.82 Å². The molecule has 3 aliphatic rings. The van der Waals surface area contributed by atoms with Crippen molar-refractivity contribution in [2.24, 2.45) is 11.3 Å². The maximum Gasteiger partial charge on any atom is 0.327 e. The van der Waals surface area contributed by atoms with Crippen LogP contribution in [0.1, 0.15) is 40.2 Å². The molecule has 10 nitrogen and oxygen atoms in total. The van der Waals surface area contributed by atoms with Gasteiger partial charge in [-0.05, 0) is 63.4 Å². The van der Waals surface area contributed by atoms with Crippen LogP contribution in [0, 0.1) is 11.3 Å². The van der Waals surface area contributed by atoms with Crippen LogP contribution >= 0.6 is 18.3 Å². The van der Waals surface area contributed by atoms with Crippen LogP contribution in [-0.2, 0) is 34.9 Å². The van der Waals surface area contributed by atoms with Crippen LogP contribution < -0.4 is 5.73 Å². The van der Waals surface area contributed by atoms with E-state index in [-0.39, 0.29) is 40.7 Å². The Morgan fingerprint density at radius 3 is 2.66 bits per heavy atom. The Labute approximate surface area is 196 Å². The zero-order valence-corrected chi connectivity index (χ0v) is 20.8. The number of imidazole rings is 1. The molecule has 2 N–H and O–H groups in total. The van der Waals surface area contributed by atoms with Crippen molar-refractivity contribution in [1.29, 1.82) is 0 Å². The Bertz CT molecular complexity index is 1090. The fourth-order valence-electron chi connectivity index (χ4n) is 5.21. The number of anilines is 1. The Morgan fingerprint density at radius 1 is 1.25 bits per heavy atom. The van der Waals surface area contributed by atoms with E-state index in [0.717, 1.165) is 6.42 Å². The number of rotatable bonds is 8. The fraction of sp³-hybridized carbons (Fsp3) is 0.737. The molecule has 0 bridgehead atoms. The highest BCUT2D eigenvalue weighted by molar-refractivity contribution is 8.07. The van der Waals surface area contributed by atoms with Gasteiger partial charge in [-0.3, -0.25) is 0 Å². The van der Waals surface area contributed by atoms with Crippen molar-refractivity contribution in [3.63, 3.8) is 0 Å². The first kappa shape index (κ1) is 22.9. The molecule has 32 heavy (non-hydrogen) atoms. The zero-order valence-electron chi connectivity index (χ0n) is 18.4. The zero-order chi connectivity index (χ0) is 22.9. The number of nitrogens with zero attached hydrogens (tertiary/aromatic N) is 4. The largest absolute Gasteiger partial charge is 0.382 e. The smallest absolute Gasteiger partial charge is 0.327 e. The number of halogens is 1. The summed E-state index contributed by atoms with van der Waals surface area (Å²) in [6.07, 6.45) is 2.23. The first-order valence-electron chi connectivity index (χ1n) is 10.7. The Kier molecular flexibility index (Phi) is 5.58. The van der Waals surface area contributed by atoms with Crippen LogP contribution in [0.3, 0.4) is 0 Å². The molecule has 0 aromatic carbocycles. The molecule has 0 amide bonds. The van der Waals surface area contributed by atoms with Gasteiger partial charge in [0.1, 0.15) is 11.6 Å². The SMILES string of the molecule is CCOP(=S)(OCC)OC[C@@]12C[C@@H]1[C@@H](n1cnc3c(N)nc(Cl)nc31)[C@@H]1OC(C)(C)O[C@@H]12. The van der Waals surface area contributed by atoms with Crippen LogP contribution in [0.5, 0.6) is 0 Å². The Morgan fingerprint density at radius 2 is 1.97 bits per heavy atom. The lowest BCUT2D eigenvalue weighted by molar-refractivity contribution is -0.162. The monoisotopic (exact) mass is 503 g/mol. The lowest BCUT2D eigenvalue weighted by Gasteiger charge is -2.26. The summed E-state index contributed by atoms with van der Waals surface area (Å²) in [5.41, 5.74) is 6.85. The molecule has 0 radical (unpaired) electrons. The minimum atomic E-state index is -2.83. The van der Waals surface area contributed by atoms with Crippen LogP contribution in [0.25, 0.3) is 11.2 Å². The summed E-state index contributed by atoms with van der Waals surface area (Å²) in [6.45, 7) is 6.00. The van der Waals surface area contributed by atoms with E-state index in [1.54, 1.807) is 6.33 Å². The van der Waals surface area contributed by atoms with Crippen molar-refractivity contribution in [2.45, 2.75) is 58.2 Å². The lowest BCUT2D eigenvalue weighted by atomic mass is 10.0. The number of nitrogens with two attached hydrogens (primary N) is 1. The molecule has 2 saturated carbocycles. The van der Waals surface area contributed by atoms with E-state index in [0.29, 0.717) is 31.0 Å². The van der Waals surface area contributed by atoms with Crippen molar-refractivity contribution in [2.75, 3.05) is 25.6 Å². The van der Waals surface area contributed by atoms with Gasteiger partial charge in [0.15, 0.2) is 17.3 Å². The van der Waals surface area contributed by atoms with E-state index in [2.05, 4.69) is 15.0 Å². The van der Waals surface area contributed by atoms with Gasteiger partial charge in [-0.25, -0.2) is 4.98 Å². The van der Waals surface area contributed by atoms with Gasteiger partial charge in [0.25, 0.3) is 0 Å². The molecular formula is C19H27ClN5O5PS. The minimum Gasteiger partial charge on any atom is -0.382 e. The molecule has 5 atom stereocenters. The average Bonchev–Trinajstić information content (AvgIpc) is 2.96. The summed E-state index contributed by atoms with van der Waals surface area (Å²) in [5, 5.41) is 0.0785. The summed E-state index contributed by atoms with van der Waals surface area (Å²) in [6, 6.07) is -0.0715. The summed E-state index contributed by atoms with van der Waals surface area (Å²) in [4.78, 5) is 12.8. The maximum atomic E-state index is 6.38. The van der Waals surface area contributed by atoms with E-state index < -0.39 is 12.5 Å². The first-order chi connectivity index (χ1) is 15.1. The number of ether oxygens (including phenoxy) is 2. The minimum absolute atomic E-state index is 0.0715. The van der Waals surface area contributed by atoms with Gasteiger partial charge in [0.2, 0.25) is 5.28 Å². The predicted molar refractivity (Wildman–Crippen MR) is 122 cm³/mol. The molecule has 1 aliphatic heterocycles. The number of fused-ring (bicyclic) bond motifs is 4. The van der Waals surface area contributed by atoms with E-state index in [1.165, 1.54) is 0 Å². The highest BCUT2D eigenvalue weighted by Crippen LogP contribution is 2.72. The third-order valence-corrected chi connectivity index (χ3v) is 9.14. The number of hydrogen-bond acceptors (Lipinski definition) is 10. The number of aromatic nitrogens is 4. The molecule has 3 heterocycles. The molecule has 3 fully saturated rings. The van der Waals surface area contributed by atoms with E-state index in [9.17, 15) is 0 Å². The van der Waals surface area contributed by atoms with Gasteiger partial charge < -0.3 is 33.3 Å². The average molecular weight is 504 g/mol. The van der Waals surface area contributed by atoms with Gasteiger partial charge >= 0.3 is 6.72 Å². The highest BCUT2D eigenvalue weighted by Gasteiger charge is 2.76. The van der Waals surface area contributed by atoms with E-state index in [1.807, 2.05) is 32.3 Å². The third-order valence-electron chi connectivity index (χ3n) is 6.43. The molecule has 2 aliphatic carbocycles. The second-order valence-corrected chi connectivity index (χ2v) is 12.2. The molecule has 0 unspecified atom stereocenters. The lowest BCUT2D eigenvalue weighted by Crippen LogP contribution is -2.33. The quantitative estimate of drug-likeness (QED) is 0.424. The number of hydrogen-bond donors (Lipinski definition) is 1. The highest BCUT2D eigenvalue weighted by atomic mass is 35.5. The van der Waals surface area contributed by atoms with Crippen molar-refractivity contribution < 1.29 is 23.0 Å². The molecular weight excluding hydrogens is 477 g/mol. The summed E-state index contributed by atoms with van der Waals surface area (Å²) < 4.78 is 32.2. The van der Waals surface area contributed by atoms with Gasteiger partial charge in [-0.1, -0.05) is 0 Å². The summed E-state index contributed by atoms with van der Waals surface area (Å²) >= 11 is 11.7. The van der Waals surface area contributed by atoms with Crippen molar-refractivity contribution in [3.05, 3.63) is 11.6 Å². The molecule has 1 saturated heterocycles. The second-order valence-electron chi connectivity index (χ2n) is 8.81. The first-order valence-corrected chi connectivity index (χ1v) is 13.6. The number of nitrogen functional groups attached to an aromatic ring is 1. The molecule has 13 heteroatoms. The molecule has 176 valence electrons. The van der Waals surface area contributed by atoms with E-state index in [4.69, 9.17) is 52.2 Å². The normalized spacial score (nSPS) is 32.9. The second kappa shape index (κ2) is 7.81. The summed E-state index contributed by atoms with van der Waals surface area (Å²) in [7, 11) is 0. The van der Waals surface area contributed by atoms with Gasteiger partial charge in [0, 0.05) is 5.41 Å². The molecule has 0 spiro atoms. The van der Waals surface area contributed by atoms with Crippen LogP contribution in [-0.4, -0.2) is 57.3 Å². The van der Waals surface area contributed by atoms with Crippen molar-refractivity contribution >= 4 is 47.1 Å². The summed E-state index contributed by atoms with van der Waals surface area (Å²) in [5.74, 6) is -0.264. The predicted octanol–water partition coefficient (Wildman–Crippen LogP) is 3.46. The maximum absolute atomic E-state index is 6.38. The van der Waals surface area contributed by atoms with Crippen LogP contribution in [0.2, 0.25) is 5.28 Å². The standard InChI is InChI=1S/C19H27ClN5O5PS/c1-5-26-31(32,27-6-2)28-8-19-7-10(19)12(13-14(19)30-18(3,4)29-13)25-9-22-11-15(21)23-17(20)24-16(11)25/h9-10,12-14H,5-8H2,1-4H3,(H2,21,23,24)/t10-,12-,13+,14+,19+/m1/s1. The van der Waals surface area contributed by atoms with E-state index >= 15 is 0 Å². The fourth-order valence-corrected chi connectivity index (χ4v) is 7.42. The van der Waals surface area contributed by atoms with Gasteiger partial charge in [-0.15, -0.1) is 0 Å². The molecule has 2 aromatic rings. The van der Waals surface area contributed by atoms with Crippen LogP contribution in [0.15, 0.2) is 6.33 Å². The van der Waals surface area contributed by atoms with Crippen molar-refractivity contribution in [3.8, 4) is 0 Å². The Balaban J connectivity index is 1.49. The third kappa shape index (κ3) is 3.58. The van der Waals surface area contributed by atoms with Crippen molar-refractivity contribution in [1.82, 2.24) is 19.5 Å². The van der Waals surface area contributed by atoms with Gasteiger partial charge in [0.05, 0.1) is 38.3 Å². The topological polar surface area (TPSA) is 116 Å². The van der Waals surface area contributed by atoms with Gasteiger partial charge in [-0.2, -0.15) is 9.97 Å². The molecule has 5 rings (SSSR count). The molecule has 2 aromatic heterocycles.